The third kappa shape index (κ3) is 11.8. The molecule has 2 aromatic rings. The lowest BCUT2D eigenvalue weighted by Gasteiger charge is -2.28. The van der Waals surface area contributed by atoms with E-state index in [1.807, 2.05) is 13.8 Å². The van der Waals surface area contributed by atoms with E-state index in [4.69, 9.17) is 34.2 Å². The van der Waals surface area contributed by atoms with E-state index in [-0.39, 0.29) is 43.3 Å². The van der Waals surface area contributed by atoms with Crippen molar-refractivity contribution in [3.05, 3.63) is 54.1 Å². The number of carboxylic acid groups (broad SMARTS) is 1. The van der Waals surface area contributed by atoms with Gasteiger partial charge >= 0.3 is 24.4 Å². The highest BCUT2D eigenvalue weighted by Crippen LogP contribution is 2.31. The molecule has 0 bridgehead atoms. The summed E-state index contributed by atoms with van der Waals surface area (Å²) in [7, 11) is 0. The van der Waals surface area contributed by atoms with Gasteiger partial charge in [-0.25, -0.2) is 14.4 Å². The fraction of sp³-hybridized carbons (Fsp3) is 0.448. The number of nitrogens with two attached hydrogens (primary N) is 1. The molecule has 12 heteroatoms. The van der Waals surface area contributed by atoms with Crippen molar-refractivity contribution in [3.63, 3.8) is 0 Å². The molecule has 0 aromatic heterocycles. The number of carbonyl (C=O) groups is 4. The van der Waals surface area contributed by atoms with Gasteiger partial charge in [0, 0.05) is 12.8 Å². The van der Waals surface area contributed by atoms with Crippen LogP contribution in [0.5, 0.6) is 17.2 Å². The van der Waals surface area contributed by atoms with Crippen LogP contribution in [0.2, 0.25) is 0 Å². The fourth-order valence-electron chi connectivity index (χ4n) is 3.59. The minimum Gasteiger partial charge on any atom is -0.480 e. The van der Waals surface area contributed by atoms with Gasteiger partial charge in [0.05, 0.1) is 13.2 Å². The van der Waals surface area contributed by atoms with Gasteiger partial charge in [0.2, 0.25) is 0 Å². The number of para-hydroxylation sites is 1. The molecule has 0 saturated heterocycles. The summed E-state index contributed by atoms with van der Waals surface area (Å²) < 4.78 is 30.8. The highest BCUT2D eigenvalue weighted by Gasteiger charge is 2.37. The molecule has 0 aliphatic rings. The molecule has 41 heavy (non-hydrogen) atoms. The topological polar surface area (TPSA) is 170 Å². The van der Waals surface area contributed by atoms with E-state index in [1.54, 1.807) is 30.3 Å². The second kappa shape index (κ2) is 16.7. The molecule has 0 radical (unpaired) electrons. The summed E-state index contributed by atoms with van der Waals surface area (Å²) >= 11 is 0. The standard InChI is InChI=1S/C29H37NO11/c1-4-6-15-36-26(33)40-23-14-13-21(17-24(23)41-27(34)37-16-7-5-2)19-29(30,25(31)32)18-20(3)38-28(35)39-22-11-9-8-10-12-22/h8-14,17,20H,4-7,15-16,18-19,30H2,1-3H3,(H,31,32)/t20-,29+/m0/s1. The van der Waals surface area contributed by atoms with E-state index in [1.165, 1.54) is 25.1 Å². The van der Waals surface area contributed by atoms with Crippen LogP contribution in [0.3, 0.4) is 0 Å². The van der Waals surface area contributed by atoms with Gasteiger partial charge in [0.1, 0.15) is 17.4 Å². The van der Waals surface area contributed by atoms with E-state index in [0.717, 1.165) is 12.8 Å². The third-order valence-electron chi connectivity index (χ3n) is 5.67. The SMILES string of the molecule is CCCCOC(=O)Oc1ccc(C[C@](N)(C[C@H](C)OC(=O)Oc2ccccc2)C(=O)O)cc1OC(=O)OCCCC. The maximum absolute atomic E-state index is 12.2. The molecule has 0 aliphatic heterocycles. The van der Waals surface area contributed by atoms with Gasteiger partial charge in [0.25, 0.3) is 0 Å². The minimum absolute atomic E-state index is 0.125. The number of benzene rings is 2. The van der Waals surface area contributed by atoms with Crippen LogP contribution in [-0.4, -0.2) is 54.4 Å². The number of carboxylic acids is 1. The van der Waals surface area contributed by atoms with Crippen LogP contribution in [0.4, 0.5) is 14.4 Å². The van der Waals surface area contributed by atoms with Gasteiger partial charge in [-0.2, -0.15) is 0 Å². The van der Waals surface area contributed by atoms with E-state index in [9.17, 15) is 24.3 Å². The summed E-state index contributed by atoms with van der Waals surface area (Å²) in [5.41, 5.74) is 4.69. The first kappa shape index (κ1) is 32.9. The molecule has 0 unspecified atom stereocenters. The van der Waals surface area contributed by atoms with Gasteiger partial charge in [-0.05, 0) is 49.6 Å². The predicted molar refractivity (Wildman–Crippen MR) is 146 cm³/mol. The Morgan fingerprint density at radius 1 is 0.829 bits per heavy atom. The van der Waals surface area contributed by atoms with Gasteiger partial charge in [-0.1, -0.05) is 51.0 Å². The molecule has 0 spiro atoms. The highest BCUT2D eigenvalue weighted by molar-refractivity contribution is 5.79. The Balaban J connectivity index is 2.17. The van der Waals surface area contributed by atoms with Crippen molar-refractivity contribution in [2.45, 2.75) is 70.9 Å². The van der Waals surface area contributed by atoms with Crippen LogP contribution in [-0.2, 0) is 25.4 Å². The van der Waals surface area contributed by atoms with Gasteiger partial charge in [0.15, 0.2) is 11.5 Å². The van der Waals surface area contributed by atoms with Gasteiger partial charge < -0.3 is 39.3 Å². The number of ether oxygens (including phenoxy) is 6. The van der Waals surface area contributed by atoms with Crippen molar-refractivity contribution < 1.29 is 52.7 Å². The molecule has 224 valence electrons. The molecule has 0 amide bonds. The van der Waals surface area contributed by atoms with E-state index < -0.39 is 36.1 Å². The molecule has 2 rings (SSSR count). The molecule has 2 aromatic carbocycles. The van der Waals surface area contributed by atoms with Gasteiger partial charge in [-0.3, -0.25) is 4.79 Å². The quantitative estimate of drug-likeness (QED) is 0.116. The summed E-state index contributed by atoms with van der Waals surface area (Å²) in [4.78, 5) is 48.7. The molecule has 0 saturated carbocycles. The third-order valence-corrected chi connectivity index (χ3v) is 5.67. The molecule has 2 atom stereocenters. The number of unbranched alkanes of at least 4 members (excludes halogenated alkanes) is 2. The molecule has 0 aliphatic carbocycles. The number of rotatable bonds is 15. The summed E-state index contributed by atoms with van der Waals surface area (Å²) in [6.45, 7) is 5.62. The Bertz CT molecular complexity index is 1150. The zero-order valence-corrected chi connectivity index (χ0v) is 23.5. The number of hydrogen-bond acceptors (Lipinski definition) is 11. The van der Waals surface area contributed by atoms with Crippen molar-refractivity contribution in [3.8, 4) is 17.2 Å². The largest absolute Gasteiger partial charge is 0.514 e. The van der Waals surface area contributed by atoms with Crippen LogP contribution < -0.4 is 19.9 Å². The molecule has 12 nitrogen and oxygen atoms in total. The number of aliphatic carboxylic acids is 1. The normalized spacial score (nSPS) is 12.8. The minimum atomic E-state index is -1.90. The van der Waals surface area contributed by atoms with Crippen LogP contribution >= 0.6 is 0 Å². The second-order valence-electron chi connectivity index (χ2n) is 9.33. The number of carbonyl (C=O) groups excluding carboxylic acids is 3. The van der Waals surface area contributed by atoms with Crippen LogP contribution in [0.25, 0.3) is 0 Å². The van der Waals surface area contributed by atoms with Crippen LogP contribution in [0.1, 0.15) is 58.4 Å². The Labute approximate surface area is 238 Å². The first-order chi connectivity index (χ1) is 19.6. The zero-order chi connectivity index (χ0) is 30.3. The summed E-state index contributed by atoms with van der Waals surface area (Å²) in [5, 5.41) is 9.94. The smallest absolute Gasteiger partial charge is 0.480 e. The molecular weight excluding hydrogens is 538 g/mol. The van der Waals surface area contributed by atoms with Gasteiger partial charge in [-0.15, -0.1) is 0 Å². The molecule has 0 heterocycles. The summed E-state index contributed by atoms with van der Waals surface area (Å²) in [6, 6.07) is 12.3. The van der Waals surface area contributed by atoms with E-state index >= 15 is 0 Å². The second-order valence-corrected chi connectivity index (χ2v) is 9.33. The first-order valence-electron chi connectivity index (χ1n) is 13.3. The Kier molecular flexibility index (Phi) is 13.4. The first-order valence-corrected chi connectivity index (χ1v) is 13.3. The average Bonchev–Trinajstić information content (AvgIpc) is 2.90. The average molecular weight is 576 g/mol. The maximum Gasteiger partial charge on any atom is 0.514 e. The van der Waals surface area contributed by atoms with Crippen molar-refractivity contribution in [1.29, 1.82) is 0 Å². The predicted octanol–water partition coefficient (Wildman–Crippen LogP) is 5.64. The van der Waals surface area contributed by atoms with E-state index in [0.29, 0.717) is 18.4 Å². The fourth-order valence-corrected chi connectivity index (χ4v) is 3.59. The highest BCUT2D eigenvalue weighted by atomic mass is 16.7. The molecular formula is C29H37NO11. The van der Waals surface area contributed by atoms with Crippen molar-refractivity contribution in [1.82, 2.24) is 0 Å². The monoisotopic (exact) mass is 575 g/mol. The lowest BCUT2D eigenvalue weighted by molar-refractivity contribution is -0.144. The van der Waals surface area contributed by atoms with Crippen LogP contribution in [0.15, 0.2) is 48.5 Å². The van der Waals surface area contributed by atoms with Crippen molar-refractivity contribution in [2.75, 3.05) is 13.2 Å². The summed E-state index contributed by atoms with van der Waals surface area (Å²) in [6.07, 6.45) is -1.65. The lowest BCUT2D eigenvalue weighted by Crippen LogP contribution is -2.52. The van der Waals surface area contributed by atoms with E-state index in [2.05, 4.69) is 0 Å². The Hall–Kier alpha value is -4.32. The molecule has 3 N–H and O–H groups in total. The van der Waals surface area contributed by atoms with Crippen molar-refractivity contribution >= 4 is 24.4 Å². The Morgan fingerprint density at radius 2 is 1.41 bits per heavy atom. The number of hydrogen-bond donors (Lipinski definition) is 2. The van der Waals surface area contributed by atoms with Crippen molar-refractivity contribution in [2.24, 2.45) is 5.73 Å². The maximum atomic E-state index is 12.2. The summed E-state index contributed by atoms with van der Waals surface area (Å²) in [5.74, 6) is -1.43. The van der Waals surface area contributed by atoms with Crippen LogP contribution in [0, 0.1) is 0 Å². The molecule has 0 fully saturated rings. The Morgan fingerprint density at radius 3 is 1.98 bits per heavy atom. The lowest BCUT2D eigenvalue weighted by atomic mass is 9.86. The zero-order valence-electron chi connectivity index (χ0n) is 23.5.